The van der Waals surface area contributed by atoms with E-state index in [-0.39, 0.29) is 18.0 Å². The lowest BCUT2D eigenvalue weighted by molar-refractivity contribution is -0.136. The van der Waals surface area contributed by atoms with Crippen LogP contribution in [0.2, 0.25) is 5.02 Å². The van der Waals surface area contributed by atoms with Gasteiger partial charge in [-0.2, -0.15) is 0 Å². The molecule has 4 N–H and O–H groups in total. The van der Waals surface area contributed by atoms with Crippen molar-refractivity contribution >= 4 is 29.1 Å². The second kappa shape index (κ2) is 6.23. The summed E-state index contributed by atoms with van der Waals surface area (Å²) in [6.07, 6.45) is -0.749. The first kappa shape index (κ1) is 14.3. The predicted octanol–water partition coefficient (Wildman–Crippen LogP) is 0.481. The third-order valence-corrected chi connectivity index (χ3v) is 2.21. The monoisotopic (exact) mass is 272 g/mol. The largest absolute Gasteiger partial charge is 0.506 e. The van der Waals surface area contributed by atoms with Gasteiger partial charge in [0.05, 0.1) is 11.8 Å². The molecule has 0 aliphatic carbocycles. The van der Waals surface area contributed by atoms with Crippen LogP contribution in [-0.4, -0.2) is 34.7 Å². The van der Waals surface area contributed by atoms with E-state index in [2.05, 4.69) is 10.6 Å². The van der Waals surface area contributed by atoms with E-state index >= 15 is 0 Å². The van der Waals surface area contributed by atoms with Crippen LogP contribution in [0.25, 0.3) is 0 Å². The molecular weight excluding hydrogens is 260 g/mol. The van der Waals surface area contributed by atoms with Crippen LogP contribution in [0.3, 0.4) is 0 Å². The van der Waals surface area contributed by atoms with Crippen molar-refractivity contribution in [3.63, 3.8) is 0 Å². The average Bonchev–Trinajstić information content (AvgIpc) is 2.30. The maximum absolute atomic E-state index is 11.4. The predicted molar refractivity (Wildman–Crippen MR) is 66.4 cm³/mol. The van der Waals surface area contributed by atoms with Crippen molar-refractivity contribution in [2.75, 3.05) is 11.9 Å². The number of rotatable bonds is 3. The number of aromatic hydroxyl groups is 1. The van der Waals surface area contributed by atoms with E-state index in [1.165, 1.54) is 25.1 Å². The van der Waals surface area contributed by atoms with Gasteiger partial charge in [-0.15, -0.1) is 0 Å². The van der Waals surface area contributed by atoms with Crippen molar-refractivity contribution in [1.29, 1.82) is 0 Å². The number of anilines is 1. The van der Waals surface area contributed by atoms with Crippen LogP contribution < -0.4 is 10.6 Å². The fourth-order valence-electron chi connectivity index (χ4n) is 1.11. The molecule has 1 atom stereocenters. The Morgan fingerprint density at radius 2 is 2.06 bits per heavy atom. The lowest BCUT2D eigenvalue weighted by atomic mass is 10.3. The molecule has 1 aromatic rings. The minimum absolute atomic E-state index is 0.0339. The summed E-state index contributed by atoms with van der Waals surface area (Å²) in [4.78, 5) is 22.7. The number of nitrogens with one attached hydrogen (secondary N) is 2. The van der Waals surface area contributed by atoms with Gasteiger partial charge in [-0.05, 0) is 25.1 Å². The third-order valence-electron chi connectivity index (χ3n) is 1.97. The van der Waals surface area contributed by atoms with Crippen LogP contribution in [0.4, 0.5) is 5.69 Å². The molecule has 1 unspecified atom stereocenters. The van der Waals surface area contributed by atoms with Crippen LogP contribution in [0.1, 0.15) is 6.92 Å². The summed E-state index contributed by atoms with van der Waals surface area (Å²) in [6, 6.07) is 4.06. The maximum Gasteiger partial charge on any atom is 0.313 e. The highest BCUT2D eigenvalue weighted by molar-refractivity contribution is 6.40. The van der Waals surface area contributed by atoms with Crippen molar-refractivity contribution in [3.05, 3.63) is 23.2 Å². The summed E-state index contributed by atoms with van der Waals surface area (Å²) in [5.41, 5.74) is 0.0414. The number of hydrogen-bond donors (Lipinski definition) is 4. The van der Waals surface area contributed by atoms with Crippen molar-refractivity contribution < 1.29 is 19.8 Å². The topological polar surface area (TPSA) is 98.7 Å². The Morgan fingerprint density at radius 1 is 1.39 bits per heavy atom. The summed E-state index contributed by atoms with van der Waals surface area (Å²) in [5.74, 6) is -2.06. The second-order valence-corrected chi connectivity index (χ2v) is 4.11. The Kier molecular flexibility index (Phi) is 4.94. The first-order chi connectivity index (χ1) is 8.40. The lowest BCUT2D eigenvalue weighted by Crippen LogP contribution is -2.38. The van der Waals surface area contributed by atoms with Gasteiger partial charge in [0, 0.05) is 11.6 Å². The van der Waals surface area contributed by atoms with Gasteiger partial charge >= 0.3 is 11.8 Å². The molecule has 6 nitrogen and oxygen atoms in total. The number of aliphatic hydroxyl groups is 1. The van der Waals surface area contributed by atoms with Gasteiger partial charge in [0.1, 0.15) is 5.75 Å². The Balaban J connectivity index is 2.64. The molecule has 98 valence electrons. The van der Waals surface area contributed by atoms with Gasteiger partial charge in [-0.3, -0.25) is 9.59 Å². The van der Waals surface area contributed by atoms with Gasteiger partial charge < -0.3 is 20.8 Å². The summed E-state index contributed by atoms with van der Waals surface area (Å²) in [7, 11) is 0. The molecule has 0 saturated heterocycles. The maximum atomic E-state index is 11.4. The SMILES string of the molecule is CC(O)CNC(=O)C(=O)Nc1cc(Cl)ccc1O. The number of phenolic OH excluding ortho intramolecular Hbond substituents is 1. The molecule has 0 radical (unpaired) electrons. The van der Waals surface area contributed by atoms with Crippen molar-refractivity contribution in [1.82, 2.24) is 5.32 Å². The molecule has 0 aliphatic rings. The number of aliphatic hydroxyl groups excluding tert-OH is 1. The minimum atomic E-state index is -0.951. The number of halogens is 1. The number of carbonyl (C=O) groups excluding carboxylic acids is 2. The highest BCUT2D eigenvalue weighted by Crippen LogP contribution is 2.26. The van der Waals surface area contributed by atoms with E-state index in [0.717, 1.165) is 0 Å². The van der Waals surface area contributed by atoms with Gasteiger partial charge in [-0.1, -0.05) is 11.6 Å². The quantitative estimate of drug-likeness (QED) is 0.475. The fraction of sp³-hybridized carbons (Fsp3) is 0.273. The number of hydrogen-bond acceptors (Lipinski definition) is 4. The fourth-order valence-corrected chi connectivity index (χ4v) is 1.28. The molecule has 0 bridgehead atoms. The van der Waals surface area contributed by atoms with E-state index in [4.69, 9.17) is 16.7 Å². The Labute approximate surface area is 109 Å². The molecule has 0 spiro atoms. The van der Waals surface area contributed by atoms with Crippen LogP contribution >= 0.6 is 11.6 Å². The zero-order valence-electron chi connectivity index (χ0n) is 9.61. The van der Waals surface area contributed by atoms with Crippen molar-refractivity contribution in [3.8, 4) is 5.75 Å². The molecule has 0 saturated carbocycles. The summed E-state index contributed by atoms with van der Waals surface area (Å²) < 4.78 is 0. The molecule has 1 rings (SSSR count). The minimum Gasteiger partial charge on any atom is -0.506 e. The number of carbonyl (C=O) groups is 2. The van der Waals surface area contributed by atoms with E-state index in [0.29, 0.717) is 5.02 Å². The molecule has 0 heterocycles. The van der Waals surface area contributed by atoms with Gasteiger partial charge in [0.25, 0.3) is 0 Å². The smallest absolute Gasteiger partial charge is 0.313 e. The summed E-state index contributed by atoms with van der Waals surface area (Å²) in [5, 5.41) is 23.1. The zero-order chi connectivity index (χ0) is 13.7. The zero-order valence-corrected chi connectivity index (χ0v) is 10.4. The van der Waals surface area contributed by atoms with Crippen molar-refractivity contribution in [2.24, 2.45) is 0 Å². The summed E-state index contributed by atoms with van der Waals surface area (Å²) >= 11 is 5.69. The second-order valence-electron chi connectivity index (χ2n) is 3.67. The van der Waals surface area contributed by atoms with Gasteiger partial charge in [0.2, 0.25) is 0 Å². The van der Waals surface area contributed by atoms with Gasteiger partial charge in [0.15, 0.2) is 0 Å². The summed E-state index contributed by atoms with van der Waals surface area (Å²) in [6.45, 7) is 1.44. The van der Waals surface area contributed by atoms with Crippen LogP contribution in [0.15, 0.2) is 18.2 Å². The Morgan fingerprint density at radius 3 is 2.67 bits per heavy atom. The molecule has 1 aromatic carbocycles. The highest BCUT2D eigenvalue weighted by Gasteiger charge is 2.15. The van der Waals surface area contributed by atoms with Crippen LogP contribution in [0.5, 0.6) is 5.75 Å². The number of benzene rings is 1. The van der Waals surface area contributed by atoms with Crippen molar-refractivity contribution in [2.45, 2.75) is 13.0 Å². The number of amides is 2. The molecule has 2 amide bonds. The highest BCUT2D eigenvalue weighted by atomic mass is 35.5. The van der Waals surface area contributed by atoms with Crippen LogP contribution in [0, 0.1) is 0 Å². The van der Waals surface area contributed by atoms with Gasteiger partial charge in [-0.25, -0.2) is 0 Å². The average molecular weight is 273 g/mol. The first-order valence-electron chi connectivity index (χ1n) is 5.16. The molecule has 18 heavy (non-hydrogen) atoms. The number of phenols is 1. The van der Waals surface area contributed by atoms with E-state index in [9.17, 15) is 14.7 Å². The molecule has 7 heteroatoms. The van der Waals surface area contributed by atoms with Crippen LogP contribution in [-0.2, 0) is 9.59 Å². The van der Waals surface area contributed by atoms with E-state index in [1.54, 1.807) is 0 Å². The van der Waals surface area contributed by atoms with E-state index < -0.39 is 17.9 Å². The Hall–Kier alpha value is -1.79. The molecule has 0 fully saturated rings. The Bertz CT molecular complexity index is 462. The lowest BCUT2D eigenvalue weighted by Gasteiger charge is -2.09. The third kappa shape index (κ3) is 4.23. The molecule has 0 aliphatic heterocycles. The normalized spacial score (nSPS) is 11.7. The first-order valence-corrected chi connectivity index (χ1v) is 5.53. The molecular formula is C11H13ClN2O4. The molecule has 0 aromatic heterocycles. The van der Waals surface area contributed by atoms with E-state index in [1.807, 2.05) is 0 Å². The standard InChI is InChI=1S/C11H13ClN2O4/c1-6(15)5-13-10(17)11(18)14-8-4-7(12)2-3-9(8)16/h2-4,6,15-16H,5H2,1H3,(H,13,17)(H,14,18).